The maximum Gasteiger partial charge on any atom is 0.237 e. The normalized spacial score (nSPS) is 20.0. The standard InChI is InChI=1S/C22H24FN5O/c23-17-7-5-16(6-8-17)20-14-25-22-24-10-9-19(28(20)22)18-4-3-13-27(18)21(29)15-26-11-1-2-12-26/h5-10,14,18H,1-4,11-13,15H2/t18-/m0/s1. The highest BCUT2D eigenvalue weighted by Gasteiger charge is 2.33. The Labute approximate surface area is 169 Å². The topological polar surface area (TPSA) is 53.7 Å². The number of fused-ring (bicyclic) bond motifs is 1. The van der Waals surface area contributed by atoms with Crippen molar-refractivity contribution in [2.75, 3.05) is 26.2 Å². The zero-order chi connectivity index (χ0) is 19.8. The van der Waals surface area contributed by atoms with Crippen LogP contribution in [-0.2, 0) is 4.79 Å². The van der Waals surface area contributed by atoms with E-state index >= 15 is 0 Å². The fourth-order valence-electron chi connectivity index (χ4n) is 4.62. The van der Waals surface area contributed by atoms with Crippen molar-refractivity contribution in [3.05, 3.63) is 54.2 Å². The van der Waals surface area contributed by atoms with Gasteiger partial charge in [-0.15, -0.1) is 0 Å². The van der Waals surface area contributed by atoms with Gasteiger partial charge >= 0.3 is 0 Å². The Morgan fingerprint density at radius 3 is 2.62 bits per heavy atom. The lowest BCUT2D eigenvalue weighted by Gasteiger charge is -2.28. The van der Waals surface area contributed by atoms with Gasteiger partial charge in [0.05, 0.1) is 30.2 Å². The number of nitrogens with zero attached hydrogens (tertiary/aromatic N) is 5. The number of imidazole rings is 1. The third kappa shape index (κ3) is 3.40. The molecule has 6 nitrogen and oxygen atoms in total. The van der Waals surface area contributed by atoms with Crippen LogP contribution in [0.2, 0.25) is 0 Å². The van der Waals surface area contributed by atoms with Crippen LogP contribution in [0.5, 0.6) is 0 Å². The molecule has 2 aliphatic rings. The van der Waals surface area contributed by atoms with Gasteiger partial charge in [-0.3, -0.25) is 14.1 Å². The number of benzene rings is 1. The summed E-state index contributed by atoms with van der Waals surface area (Å²) in [5, 5.41) is 0. The van der Waals surface area contributed by atoms with Crippen molar-refractivity contribution in [1.29, 1.82) is 0 Å². The zero-order valence-electron chi connectivity index (χ0n) is 16.3. The Bertz CT molecular complexity index is 1030. The third-order valence-corrected chi connectivity index (χ3v) is 6.05. The molecule has 1 atom stereocenters. The first-order valence-electron chi connectivity index (χ1n) is 10.3. The molecule has 29 heavy (non-hydrogen) atoms. The highest BCUT2D eigenvalue weighted by Crippen LogP contribution is 2.34. The quantitative estimate of drug-likeness (QED) is 0.683. The average Bonchev–Trinajstić information content (AvgIpc) is 3.48. The van der Waals surface area contributed by atoms with Crippen LogP contribution in [0.15, 0.2) is 42.7 Å². The van der Waals surface area contributed by atoms with Crippen molar-refractivity contribution in [3.63, 3.8) is 0 Å². The van der Waals surface area contributed by atoms with Gasteiger partial charge in [-0.2, -0.15) is 0 Å². The first kappa shape index (κ1) is 18.2. The summed E-state index contributed by atoms with van der Waals surface area (Å²) in [5.74, 6) is 0.527. The van der Waals surface area contributed by atoms with Crippen molar-refractivity contribution in [2.24, 2.45) is 0 Å². The van der Waals surface area contributed by atoms with Gasteiger partial charge in [0.1, 0.15) is 5.82 Å². The van der Waals surface area contributed by atoms with Crippen LogP contribution >= 0.6 is 0 Å². The van der Waals surface area contributed by atoms with E-state index in [-0.39, 0.29) is 17.8 Å². The van der Waals surface area contributed by atoms with Crippen LogP contribution in [0.3, 0.4) is 0 Å². The summed E-state index contributed by atoms with van der Waals surface area (Å²) in [6.07, 6.45) is 7.79. The van der Waals surface area contributed by atoms with Gasteiger partial charge in [0.15, 0.2) is 0 Å². The third-order valence-electron chi connectivity index (χ3n) is 6.05. The molecule has 0 spiro atoms. The summed E-state index contributed by atoms with van der Waals surface area (Å²) >= 11 is 0. The minimum Gasteiger partial charge on any atom is -0.333 e. The summed E-state index contributed by atoms with van der Waals surface area (Å²) in [6.45, 7) is 3.31. The molecule has 5 rings (SSSR count). The number of hydrogen-bond acceptors (Lipinski definition) is 4. The van der Waals surface area contributed by atoms with Crippen LogP contribution < -0.4 is 0 Å². The van der Waals surface area contributed by atoms with Gasteiger partial charge in [-0.25, -0.2) is 14.4 Å². The minimum atomic E-state index is -0.268. The molecule has 2 fully saturated rings. The average molecular weight is 393 g/mol. The van der Waals surface area contributed by atoms with E-state index in [0.717, 1.165) is 49.4 Å². The molecule has 150 valence electrons. The van der Waals surface area contributed by atoms with E-state index in [9.17, 15) is 9.18 Å². The van der Waals surface area contributed by atoms with E-state index in [2.05, 4.69) is 14.9 Å². The summed E-state index contributed by atoms with van der Waals surface area (Å²) in [6, 6.07) is 8.39. The number of likely N-dealkylation sites (tertiary alicyclic amines) is 2. The predicted octanol–water partition coefficient (Wildman–Crippen LogP) is 3.29. The number of carbonyl (C=O) groups is 1. The number of carbonyl (C=O) groups excluding carboxylic acids is 1. The van der Waals surface area contributed by atoms with E-state index in [0.29, 0.717) is 12.3 Å². The Hall–Kier alpha value is -2.80. The molecule has 4 heterocycles. The van der Waals surface area contributed by atoms with Crippen LogP contribution in [0, 0.1) is 5.82 Å². The van der Waals surface area contributed by atoms with Gasteiger partial charge in [0, 0.05) is 18.3 Å². The molecule has 3 aromatic rings. The minimum absolute atomic E-state index is 0.00371. The molecule has 7 heteroatoms. The largest absolute Gasteiger partial charge is 0.333 e. The lowest BCUT2D eigenvalue weighted by Crippen LogP contribution is -2.39. The summed E-state index contributed by atoms with van der Waals surface area (Å²) in [5.41, 5.74) is 2.75. The second-order valence-electron chi connectivity index (χ2n) is 7.88. The molecule has 1 aromatic carbocycles. The maximum absolute atomic E-state index is 13.4. The molecule has 0 bridgehead atoms. The molecule has 2 aromatic heterocycles. The highest BCUT2D eigenvalue weighted by molar-refractivity contribution is 5.79. The van der Waals surface area contributed by atoms with Gasteiger partial charge in [0.2, 0.25) is 11.7 Å². The molecule has 0 unspecified atom stereocenters. The molecule has 1 amide bonds. The van der Waals surface area contributed by atoms with E-state index < -0.39 is 0 Å². The number of aromatic nitrogens is 3. The van der Waals surface area contributed by atoms with Crippen LogP contribution in [0.4, 0.5) is 4.39 Å². The molecule has 0 radical (unpaired) electrons. The highest BCUT2D eigenvalue weighted by atomic mass is 19.1. The number of hydrogen-bond donors (Lipinski definition) is 0. The lowest BCUT2D eigenvalue weighted by molar-refractivity contribution is -0.133. The van der Waals surface area contributed by atoms with Crippen LogP contribution in [-0.4, -0.2) is 56.3 Å². The summed E-state index contributed by atoms with van der Waals surface area (Å²) < 4.78 is 15.4. The molecular formula is C22H24FN5O. The molecular weight excluding hydrogens is 369 g/mol. The monoisotopic (exact) mass is 393 g/mol. The SMILES string of the molecule is O=C(CN1CCCC1)N1CCC[C@H]1c1ccnc2ncc(-c3ccc(F)cc3)n12. The van der Waals surface area contributed by atoms with Gasteiger partial charge in [-0.1, -0.05) is 0 Å². The Balaban J connectivity index is 1.51. The van der Waals surface area contributed by atoms with E-state index in [4.69, 9.17) is 0 Å². The fourth-order valence-corrected chi connectivity index (χ4v) is 4.62. The van der Waals surface area contributed by atoms with Crippen LogP contribution in [0.1, 0.15) is 37.4 Å². The maximum atomic E-state index is 13.4. The first-order chi connectivity index (χ1) is 14.2. The van der Waals surface area contributed by atoms with Gasteiger partial charge in [-0.05, 0) is 69.1 Å². The van der Waals surface area contributed by atoms with Gasteiger partial charge < -0.3 is 4.90 Å². The van der Waals surface area contributed by atoms with E-state index in [1.54, 1.807) is 24.5 Å². The Morgan fingerprint density at radius 1 is 1.03 bits per heavy atom. The number of rotatable bonds is 4. The predicted molar refractivity (Wildman–Crippen MR) is 108 cm³/mol. The van der Waals surface area contributed by atoms with Crippen molar-refractivity contribution in [3.8, 4) is 11.3 Å². The smallest absolute Gasteiger partial charge is 0.237 e. The van der Waals surface area contributed by atoms with Crippen molar-refractivity contribution < 1.29 is 9.18 Å². The second kappa shape index (κ2) is 7.55. The van der Waals surface area contributed by atoms with E-state index in [1.807, 2.05) is 15.4 Å². The molecule has 2 aliphatic heterocycles. The number of amides is 1. The van der Waals surface area contributed by atoms with E-state index in [1.165, 1.54) is 25.0 Å². The fraction of sp³-hybridized carbons (Fsp3) is 0.409. The van der Waals surface area contributed by atoms with Crippen molar-refractivity contribution in [1.82, 2.24) is 24.2 Å². The number of halogens is 1. The first-order valence-corrected chi connectivity index (χ1v) is 10.3. The zero-order valence-corrected chi connectivity index (χ0v) is 16.3. The Morgan fingerprint density at radius 2 is 1.83 bits per heavy atom. The van der Waals surface area contributed by atoms with Crippen LogP contribution in [0.25, 0.3) is 17.0 Å². The molecule has 0 N–H and O–H groups in total. The van der Waals surface area contributed by atoms with Crippen molar-refractivity contribution >= 4 is 11.7 Å². The lowest BCUT2D eigenvalue weighted by atomic mass is 10.1. The molecule has 0 aliphatic carbocycles. The van der Waals surface area contributed by atoms with Crippen molar-refractivity contribution in [2.45, 2.75) is 31.7 Å². The molecule has 2 saturated heterocycles. The molecule has 0 saturated carbocycles. The summed E-state index contributed by atoms with van der Waals surface area (Å²) in [7, 11) is 0. The Kier molecular flexibility index (Phi) is 4.75. The summed E-state index contributed by atoms with van der Waals surface area (Å²) in [4.78, 5) is 26.2. The van der Waals surface area contributed by atoms with Gasteiger partial charge in [0.25, 0.3) is 0 Å². The second-order valence-corrected chi connectivity index (χ2v) is 7.88.